The van der Waals surface area contributed by atoms with E-state index in [1.165, 1.54) is 4.90 Å². The lowest BCUT2D eigenvalue weighted by Crippen LogP contribution is -2.60. The first kappa shape index (κ1) is 22.6. The topological polar surface area (TPSA) is 53.0 Å². The molecule has 3 aromatic carbocycles. The molecule has 2 atom stereocenters. The van der Waals surface area contributed by atoms with Gasteiger partial charge in [-0.2, -0.15) is 0 Å². The Morgan fingerprint density at radius 3 is 1.94 bits per heavy atom. The summed E-state index contributed by atoms with van der Waals surface area (Å²) in [4.78, 5) is 17.0. The highest BCUT2D eigenvalue weighted by molar-refractivity contribution is 6.31. The van der Waals surface area contributed by atoms with Gasteiger partial charge < -0.3 is 9.84 Å². The van der Waals surface area contributed by atoms with Gasteiger partial charge in [0.05, 0.1) is 6.61 Å². The first-order valence-electron chi connectivity index (χ1n) is 10.2. The van der Waals surface area contributed by atoms with E-state index in [1.54, 1.807) is 60.5 Å². The predicted octanol–water partition coefficient (Wildman–Crippen LogP) is 6.00. The van der Waals surface area contributed by atoms with Crippen LogP contribution in [-0.4, -0.2) is 30.4 Å². The minimum absolute atomic E-state index is 0.0793. The molecule has 7 heteroatoms. The number of hydrogen-bond acceptors (Lipinski definition) is 3. The number of urea groups is 1. The summed E-state index contributed by atoms with van der Waals surface area (Å²) in [6, 6.07) is 20.9. The number of rotatable bonds is 5. The second-order valence-electron chi connectivity index (χ2n) is 8.15. The highest BCUT2D eigenvalue weighted by Gasteiger charge is 2.66. The molecule has 32 heavy (non-hydrogen) atoms. The van der Waals surface area contributed by atoms with Crippen molar-refractivity contribution < 1.29 is 14.6 Å². The molecule has 0 bridgehead atoms. The Labute approximate surface area is 197 Å². The van der Waals surface area contributed by atoms with Crippen LogP contribution in [0.3, 0.4) is 0 Å². The zero-order valence-corrected chi connectivity index (χ0v) is 19.6. The van der Waals surface area contributed by atoms with E-state index >= 15 is 0 Å². The monoisotopic (exact) mass is 470 g/mol. The van der Waals surface area contributed by atoms with Gasteiger partial charge in [0.1, 0.15) is 5.54 Å². The van der Waals surface area contributed by atoms with Gasteiger partial charge >= 0.3 is 6.03 Å². The number of nitrogens with zero attached hydrogens (tertiary/aromatic N) is 2. The second-order valence-corrected chi connectivity index (χ2v) is 9.03. The number of methoxy groups -OCH3 is 1. The molecule has 2 amide bonds. The van der Waals surface area contributed by atoms with E-state index < -0.39 is 17.3 Å². The lowest BCUT2D eigenvalue weighted by Gasteiger charge is -2.44. The van der Waals surface area contributed by atoms with Crippen LogP contribution in [0.4, 0.5) is 16.2 Å². The summed E-state index contributed by atoms with van der Waals surface area (Å²) in [6.45, 7) is 3.85. The number of hydrogen-bond donors (Lipinski definition) is 1. The van der Waals surface area contributed by atoms with E-state index in [-0.39, 0.29) is 6.61 Å². The van der Waals surface area contributed by atoms with Crippen molar-refractivity contribution in [2.24, 2.45) is 0 Å². The molecule has 0 spiro atoms. The van der Waals surface area contributed by atoms with Crippen molar-refractivity contribution in [3.8, 4) is 0 Å². The summed E-state index contributed by atoms with van der Waals surface area (Å²) in [5.74, 6) is 0. The summed E-state index contributed by atoms with van der Waals surface area (Å²) in [7, 11) is 1.55. The molecule has 1 saturated heterocycles. The maximum Gasteiger partial charge on any atom is 0.332 e. The Morgan fingerprint density at radius 1 is 0.906 bits per heavy atom. The molecule has 4 rings (SSSR count). The molecule has 1 N–H and O–H groups in total. The third kappa shape index (κ3) is 3.46. The highest BCUT2D eigenvalue weighted by atomic mass is 35.5. The van der Waals surface area contributed by atoms with Crippen molar-refractivity contribution in [3.63, 3.8) is 0 Å². The van der Waals surface area contributed by atoms with Crippen molar-refractivity contribution in [2.45, 2.75) is 25.1 Å². The molecule has 0 saturated carbocycles. The minimum atomic E-state index is -1.75. The quantitative estimate of drug-likeness (QED) is 0.497. The Kier molecular flexibility index (Phi) is 5.94. The van der Waals surface area contributed by atoms with Gasteiger partial charge in [-0.05, 0) is 62.4 Å². The summed E-state index contributed by atoms with van der Waals surface area (Å²) in [6.07, 6.45) is 0. The fourth-order valence-corrected chi connectivity index (χ4v) is 4.72. The van der Waals surface area contributed by atoms with Gasteiger partial charge in [0, 0.05) is 34.1 Å². The van der Waals surface area contributed by atoms with Gasteiger partial charge in [-0.15, -0.1) is 0 Å². The smallest absolute Gasteiger partial charge is 0.332 e. The third-order valence-corrected chi connectivity index (χ3v) is 6.47. The van der Waals surface area contributed by atoms with Crippen LogP contribution in [-0.2, 0) is 10.5 Å². The molecule has 166 valence electrons. The number of carbonyl (C=O) groups is 1. The van der Waals surface area contributed by atoms with Crippen LogP contribution in [0.5, 0.6) is 0 Å². The molecule has 0 radical (unpaired) electrons. The van der Waals surface area contributed by atoms with E-state index in [0.717, 1.165) is 5.56 Å². The zero-order chi connectivity index (χ0) is 23.1. The molecular formula is C25H24Cl2N2O3. The van der Waals surface area contributed by atoms with Crippen molar-refractivity contribution in [1.82, 2.24) is 0 Å². The molecule has 0 aliphatic carbocycles. The van der Waals surface area contributed by atoms with Crippen LogP contribution in [0.15, 0.2) is 72.8 Å². The summed E-state index contributed by atoms with van der Waals surface area (Å²) < 4.78 is 5.58. The lowest BCUT2D eigenvalue weighted by atomic mass is 9.82. The SMILES string of the molecule is COC[C@]1(C)N(c2ccc(Cl)cc2)C(=O)N(c2ccc(Cl)cc2)[C@@]1(O)c1cccc(C)c1. The number of aryl methyl sites for hydroxylation is 1. The number of halogens is 2. The van der Waals surface area contributed by atoms with Crippen LogP contribution >= 0.6 is 23.2 Å². The van der Waals surface area contributed by atoms with Gasteiger partial charge in [0.25, 0.3) is 0 Å². The Hall–Kier alpha value is -2.57. The number of anilines is 2. The minimum Gasteiger partial charge on any atom is -0.382 e. The molecule has 1 aliphatic heterocycles. The number of amides is 2. The average Bonchev–Trinajstić information content (AvgIpc) is 2.93. The second kappa shape index (κ2) is 8.41. The average molecular weight is 471 g/mol. The predicted molar refractivity (Wildman–Crippen MR) is 129 cm³/mol. The Balaban J connectivity index is 2.01. The molecule has 5 nitrogen and oxygen atoms in total. The van der Waals surface area contributed by atoms with Crippen molar-refractivity contribution in [1.29, 1.82) is 0 Å². The molecule has 0 aromatic heterocycles. The van der Waals surface area contributed by atoms with Gasteiger partial charge in [0.2, 0.25) is 0 Å². The molecule has 1 heterocycles. The standard InChI is InChI=1S/C25H24Cl2N2O3/c1-17-5-4-6-18(15-17)25(31)24(2,16-32-3)28(21-11-7-19(26)8-12-21)23(30)29(25)22-13-9-20(27)10-14-22/h4-15,31H,16H2,1-3H3/t24-,25+/m0/s1. The summed E-state index contributed by atoms with van der Waals surface area (Å²) in [5, 5.41) is 13.6. The summed E-state index contributed by atoms with van der Waals surface area (Å²) >= 11 is 12.2. The van der Waals surface area contributed by atoms with Crippen LogP contribution in [0.25, 0.3) is 0 Å². The number of ether oxygens (including phenoxy) is 1. The van der Waals surface area contributed by atoms with Crippen molar-refractivity contribution in [2.75, 3.05) is 23.5 Å². The van der Waals surface area contributed by atoms with E-state index in [4.69, 9.17) is 27.9 Å². The third-order valence-electron chi connectivity index (χ3n) is 5.97. The van der Waals surface area contributed by atoms with Gasteiger partial charge in [0.15, 0.2) is 5.72 Å². The van der Waals surface area contributed by atoms with Crippen LogP contribution < -0.4 is 9.80 Å². The molecular weight excluding hydrogens is 447 g/mol. The highest BCUT2D eigenvalue weighted by Crippen LogP contribution is 2.51. The Morgan fingerprint density at radius 2 is 1.44 bits per heavy atom. The number of aliphatic hydroxyl groups is 1. The fourth-order valence-electron chi connectivity index (χ4n) is 4.47. The summed E-state index contributed by atoms with van der Waals surface area (Å²) in [5.41, 5.74) is -0.274. The van der Waals surface area contributed by atoms with E-state index in [0.29, 0.717) is 27.0 Å². The van der Waals surface area contributed by atoms with E-state index in [9.17, 15) is 9.90 Å². The number of carbonyl (C=O) groups excluding carboxylic acids is 1. The fraction of sp³-hybridized carbons (Fsp3) is 0.240. The first-order chi connectivity index (χ1) is 15.2. The van der Waals surface area contributed by atoms with Crippen LogP contribution in [0, 0.1) is 6.92 Å². The normalized spacial score (nSPS) is 23.1. The first-order valence-corrected chi connectivity index (χ1v) is 10.9. The maximum absolute atomic E-state index is 14.0. The molecule has 0 unspecified atom stereocenters. The largest absolute Gasteiger partial charge is 0.382 e. The van der Waals surface area contributed by atoms with Crippen molar-refractivity contribution >= 4 is 40.6 Å². The Bertz CT molecular complexity index is 1140. The van der Waals surface area contributed by atoms with Crippen LogP contribution in [0.2, 0.25) is 10.0 Å². The van der Waals surface area contributed by atoms with E-state index in [1.807, 2.05) is 38.1 Å². The molecule has 3 aromatic rings. The van der Waals surface area contributed by atoms with Crippen molar-refractivity contribution in [3.05, 3.63) is 94.0 Å². The van der Waals surface area contributed by atoms with Gasteiger partial charge in [-0.3, -0.25) is 9.80 Å². The van der Waals surface area contributed by atoms with Crippen LogP contribution in [0.1, 0.15) is 18.1 Å². The number of benzene rings is 3. The lowest BCUT2D eigenvalue weighted by molar-refractivity contribution is -0.0410. The molecule has 1 aliphatic rings. The zero-order valence-electron chi connectivity index (χ0n) is 18.0. The van der Waals surface area contributed by atoms with Gasteiger partial charge in [-0.25, -0.2) is 4.79 Å². The maximum atomic E-state index is 14.0. The molecule has 1 fully saturated rings. The van der Waals surface area contributed by atoms with Gasteiger partial charge in [-0.1, -0.05) is 53.0 Å². The van der Waals surface area contributed by atoms with E-state index in [2.05, 4.69) is 0 Å².